The van der Waals surface area contributed by atoms with E-state index in [-0.39, 0.29) is 6.54 Å². The molecular weight excluding hydrogens is 170 g/mol. The van der Waals surface area contributed by atoms with Crippen LogP contribution in [0.15, 0.2) is 30.3 Å². The minimum Gasteiger partial charge on any atom is -0.292 e. The van der Waals surface area contributed by atoms with Crippen molar-refractivity contribution >= 4 is 0 Å². The van der Waals surface area contributed by atoms with Crippen molar-refractivity contribution in [1.82, 2.24) is 4.90 Å². The molecule has 0 fully saturated rings. The Morgan fingerprint density at radius 3 is 2.86 bits per heavy atom. The molecule has 0 aliphatic carbocycles. The highest BCUT2D eigenvalue weighted by Gasteiger charge is 2.07. The monoisotopic (exact) mass is 191 g/mol. The SMILES string of the molecule is [2H]C([2H])([2H])N(CC#C)[C@]([2H])(C)Cc1ccccc1. The molecule has 0 unspecified atom stereocenters. The van der Waals surface area contributed by atoms with Gasteiger partial charge < -0.3 is 0 Å². The van der Waals surface area contributed by atoms with Gasteiger partial charge in [0.2, 0.25) is 0 Å². The van der Waals surface area contributed by atoms with Gasteiger partial charge in [-0.3, -0.25) is 4.90 Å². The van der Waals surface area contributed by atoms with E-state index < -0.39 is 13.0 Å². The summed E-state index contributed by atoms with van der Waals surface area (Å²) in [6.07, 6.45) is 5.50. The normalized spacial score (nSPS) is 19.8. The van der Waals surface area contributed by atoms with E-state index in [0.29, 0.717) is 6.42 Å². The van der Waals surface area contributed by atoms with Gasteiger partial charge in [0.05, 0.1) is 6.54 Å². The predicted octanol–water partition coefficient (Wildman–Crippen LogP) is 2.18. The third kappa shape index (κ3) is 3.24. The lowest BCUT2D eigenvalue weighted by molar-refractivity contribution is 0.287. The first kappa shape index (κ1) is 6.27. The van der Waals surface area contributed by atoms with E-state index >= 15 is 0 Å². The van der Waals surface area contributed by atoms with Crippen molar-refractivity contribution in [3.63, 3.8) is 0 Å². The second-order valence-corrected chi connectivity index (χ2v) is 3.19. The molecule has 0 aliphatic heterocycles. The summed E-state index contributed by atoms with van der Waals surface area (Å²) in [6.45, 7) is -0.856. The standard InChI is InChI=1S/C13H17N/c1-4-10-14(3)12(2)11-13-8-6-5-7-9-13/h1,5-9,12H,10-11H2,2-3H3/t12-/m1/s1/i3D3,12D. The number of likely N-dealkylation sites (N-methyl/N-ethyl adjacent to an activating group) is 1. The van der Waals surface area contributed by atoms with E-state index in [9.17, 15) is 0 Å². The Morgan fingerprint density at radius 1 is 1.57 bits per heavy atom. The molecular formula is C13H17N. The highest BCUT2D eigenvalue weighted by atomic mass is 15.1. The third-order valence-corrected chi connectivity index (χ3v) is 2.01. The summed E-state index contributed by atoms with van der Waals surface area (Å²) in [5.41, 5.74) is 0.918. The summed E-state index contributed by atoms with van der Waals surface area (Å²) >= 11 is 0. The van der Waals surface area contributed by atoms with Crippen molar-refractivity contribution in [1.29, 1.82) is 0 Å². The van der Waals surface area contributed by atoms with E-state index in [0.717, 1.165) is 10.5 Å². The molecule has 0 bridgehead atoms. The maximum Gasteiger partial charge on any atom is 0.0598 e. The molecule has 1 atom stereocenters. The summed E-state index contributed by atoms with van der Waals surface area (Å²) in [7, 11) is 0. The van der Waals surface area contributed by atoms with Crippen LogP contribution in [0.2, 0.25) is 0 Å². The summed E-state index contributed by atoms with van der Waals surface area (Å²) in [4.78, 5) is 1.06. The van der Waals surface area contributed by atoms with Gasteiger partial charge in [-0.1, -0.05) is 36.3 Å². The topological polar surface area (TPSA) is 3.24 Å². The lowest BCUT2D eigenvalue weighted by atomic mass is 10.1. The molecule has 0 aromatic heterocycles. The molecule has 74 valence electrons. The van der Waals surface area contributed by atoms with Crippen LogP contribution in [0.1, 0.15) is 18.0 Å². The zero-order valence-electron chi connectivity index (χ0n) is 12.3. The van der Waals surface area contributed by atoms with Gasteiger partial charge >= 0.3 is 0 Å². The molecule has 0 saturated heterocycles. The molecule has 0 amide bonds. The van der Waals surface area contributed by atoms with Crippen LogP contribution in [0, 0.1) is 12.3 Å². The van der Waals surface area contributed by atoms with Gasteiger partial charge in [0, 0.05) is 11.5 Å². The van der Waals surface area contributed by atoms with Gasteiger partial charge in [-0.2, -0.15) is 0 Å². The fourth-order valence-corrected chi connectivity index (χ4v) is 1.21. The van der Waals surface area contributed by atoms with Gasteiger partial charge in [0.1, 0.15) is 0 Å². The highest BCUT2D eigenvalue weighted by molar-refractivity contribution is 5.15. The zero-order chi connectivity index (χ0) is 13.8. The van der Waals surface area contributed by atoms with Crippen LogP contribution in [0.5, 0.6) is 0 Å². The van der Waals surface area contributed by atoms with Gasteiger partial charge in [-0.15, -0.1) is 6.42 Å². The number of hydrogen-bond acceptors (Lipinski definition) is 1. The molecule has 1 aromatic rings. The van der Waals surface area contributed by atoms with E-state index in [1.165, 1.54) is 0 Å². The molecule has 0 radical (unpaired) electrons. The minimum absolute atomic E-state index is 0.0661. The number of nitrogens with zero attached hydrogens (tertiary/aromatic N) is 1. The maximum absolute atomic E-state index is 8.25. The Bertz CT molecular complexity index is 417. The Balaban J connectivity index is 2.93. The van der Waals surface area contributed by atoms with Crippen LogP contribution in [-0.4, -0.2) is 24.4 Å². The second-order valence-electron chi connectivity index (χ2n) is 3.19. The summed E-state index contributed by atoms with van der Waals surface area (Å²) in [5, 5.41) is 0. The number of rotatable bonds is 4. The molecule has 1 aromatic carbocycles. The van der Waals surface area contributed by atoms with Crippen LogP contribution in [0.25, 0.3) is 0 Å². The van der Waals surface area contributed by atoms with Crippen molar-refractivity contribution in [3.05, 3.63) is 35.9 Å². The van der Waals surface area contributed by atoms with Crippen molar-refractivity contribution in [3.8, 4) is 12.3 Å². The van der Waals surface area contributed by atoms with Gasteiger partial charge in [-0.25, -0.2) is 0 Å². The Morgan fingerprint density at radius 2 is 2.29 bits per heavy atom. The fraction of sp³-hybridized carbons (Fsp3) is 0.385. The largest absolute Gasteiger partial charge is 0.292 e. The fourth-order valence-electron chi connectivity index (χ4n) is 1.21. The average Bonchev–Trinajstić information content (AvgIpc) is 2.24. The van der Waals surface area contributed by atoms with Crippen molar-refractivity contribution < 1.29 is 5.48 Å². The summed E-state index contributed by atoms with van der Waals surface area (Å²) < 4.78 is 30.6. The average molecular weight is 191 g/mol. The molecule has 0 spiro atoms. The quantitative estimate of drug-likeness (QED) is 0.659. The van der Waals surface area contributed by atoms with E-state index in [4.69, 9.17) is 11.9 Å². The summed E-state index contributed by atoms with van der Waals surface area (Å²) in [5.74, 6) is 2.31. The molecule has 1 rings (SSSR count). The first-order valence-corrected chi connectivity index (χ1v) is 4.52. The smallest absolute Gasteiger partial charge is 0.0598 e. The van der Waals surface area contributed by atoms with Crippen LogP contribution < -0.4 is 0 Å². The first-order chi connectivity index (χ1) is 8.27. The lowest BCUT2D eigenvalue weighted by Crippen LogP contribution is -2.31. The number of benzene rings is 1. The van der Waals surface area contributed by atoms with Gasteiger partial charge in [0.25, 0.3) is 0 Å². The third-order valence-electron chi connectivity index (χ3n) is 2.01. The lowest BCUT2D eigenvalue weighted by Gasteiger charge is -2.22. The molecule has 0 saturated carbocycles. The van der Waals surface area contributed by atoms with Crippen LogP contribution in [-0.2, 0) is 6.42 Å². The minimum atomic E-state index is -2.36. The van der Waals surface area contributed by atoms with E-state index in [1.54, 1.807) is 6.92 Å². The molecule has 1 heteroatoms. The van der Waals surface area contributed by atoms with Crippen LogP contribution in [0.3, 0.4) is 0 Å². The molecule has 0 aliphatic rings. The number of hydrogen-bond donors (Lipinski definition) is 0. The number of terminal acetylenes is 1. The Kier molecular flexibility index (Phi) is 2.45. The predicted molar refractivity (Wildman–Crippen MR) is 61.1 cm³/mol. The molecule has 0 N–H and O–H groups in total. The van der Waals surface area contributed by atoms with E-state index in [1.807, 2.05) is 30.3 Å². The van der Waals surface area contributed by atoms with E-state index in [2.05, 4.69) is 5.92 Å². The highest BCUT2D eigenvalue weighted by Crippen LogP contribution is 2.06. The van der Waals surface area contributed by atoms with Crippen molar-refractivity contribution in [2.45, 2.75) is 19.4 Å². The van der Waals surface area contributed by atoms with Crippen molar-refractivity contribution in [2.24, 2.45) is 0 Å². The van der Waals surface area contributed by atoms with Crippen LogP contribution in [0.4, 0.5) is 0 Å². The Labute approximate surface area is 92.4 Å². The van der Waals surface area contributed by atoms with Gasteiger partial charge in [-0.05, 0) is 25.9 Å². The second kappa shape index (κ2) is 5.47. The maximum atomic E-state index is 8.25. The molecule has 14 heavy (non-hydrogen) atoms. The van der Waals surface area contributed by atoms with Gasteiger partial charge in [0.15, 0.2) is 0 Å². The Hall–Kier alpha value is -1.26. The van der Waals surface area contributed by atoms with Crippen LogP contribution >= 0.6 is 0 Å². The molecule has 1 nitrogen and oxygen atoms in total. The first-order valence-electron chi connectivity index (χ1n) is 6.52. The summed E-state index contributed by atoms with van der Waals surface area (Å²) in [6, 6.07) is 8.10. The molecule has 0 heterocycles. The van der Waals surface area contributed by atoms with Crippen molar-refractivity contribution in [2.75, 3.05) is 13.5 Å². The zero-order valence-corrected chi connectivity index (χ0v) is 8.33.